The number of guanidine groups is 1. The highest BCUT2D eigenvalue weighted by atomic mass is 127. The number of likely N-dealkylation sites (N-methyl/N-ethyl adjacent to an activating group) is 1. The third-order valence-corrected chi connectivity index (χ3v) is 4.43. The van der Waals surface area contributed by atoms with Gasteiger partial charge in [0.1, 0.15) is 0 Å². The van der Waals surface area contributed by atoms with Crippen LogP contribution in [0.1, 0.15) is 56.5 Å². The number of nitrogens with one attached hydrogen (secondary N) is 3. The number of aliphatic imine (C=N–C) groups is 1. The summed E-state index contributed by atoms with van der Waals surface area (Å²) in [6, 6.07) is 8.05. The topological polar surface area (TPSA) is 68.8 Å². The van der Waals surface area contributed by atoms with E-state index in [0.717, 1.165) is 30.9 Å². The molecule has 0 spiro atoms. The van der Waals surface area contributed by atoms with Gasteiger partial charge in [0.25, 0.3) is 5.91 Å². The van der Waals surface area contributed by atoms with Crippen LogP contribution in [-0.4, -0.2) is 57.0 Å². The fourth-order valence-electron chi connectivity index (χ4n) is 2.65. The van der Waals surface area contributed by atoms with E-state index in [9.17, 15) is 4.79 Å². The van der Waals surface area contributed by atoms with Crippen LogP contribution >= 0.6 is 24.0 Å². The van der Waals surface area contributed by atoms with Crippen molar-refractivity contribution >= 4 is 35.8 Å². The second kappa shape index (κ2) is 13.8. The zero-order valence-corrected chi connectivity index (χ0v) is 21.5. The molecule has 1 rings (SSSR count). The van der Waals surface area contributed by atoms with Crippen LogP contribution in [0.2, 0.25) is 0 Å². The molecule has 0 aliphatic heterocycles. The molecule has 0 heterocycles. The van der Waals surface area contributed by atoms with Gasteiger partial charge in [-0.3, -0.25) is 9.79 Å². The highest BCUT2D eigenvalue weighted by Crippen LogP contribution is 2.21. The quantitative estimate of drug-likeness (QED) is 0.267. The van der Waals surface area contributed by atoms with Gasteiger partial charge in [0.15, 0.2) is 5.96 Å². The number of amides is 1. The van der Waals surface area contributed by atoms with Gasteiger partial charge in [0, 0.05) is 38.3 Å². The van der Waals surface area contributed by atoms with Crippen molar-refractivity contribution in [2.24, 2.45) is 10.4 Å². The van der Waals surface area contributed by atoms with Crippen LogP contribution in [0, 0.1) is 5.41 Å². The van der Waals surface area contributed by atoms with Crippen molar-refractivity contribution in [3.63, 3.8) is 0 Å². The highest BCUT2D eigenvalue weighted by molar-refractivity contribution is 14.0. The Labute approximate surface area is 194 Å². The number of hydrogen-bond donors (Lipinski definition) is 3. The summed E-state index contributed by atoms with van der Waals surface area (Å²) in [7, 11) is 5.76. The van der Waals surface area contributed by atoms with E-state index in [-0.39, 0.29) is 29.9 Å². The Balaban J connectivity index is 0.00000784. The van der Waals surface area contributed by atoms with Crippen LogP contribution in [0.3, 0.4) is 0 Å². The van der Waals surface area contributed by atoms with Gasteiger partial charge in [-0.2, -0.15) is 0 Å². The Hall–Kier alpha value is -1.35. The number of benzene rings is 1. The fourth-order valence-corrected chi connectivity index (χ4v) is 2.65. The third kappa shape index (κ3) is 12.7. The Morgan fingerprint density at radius 2 is 1.90 bits per heavy atom. The van der Waals surface area contributed by atoms with E-state index in [4.69, 9.17) is 0 Å². The van der Waals surface area contributed by atoms with Gasteiger partial charge in [0.05, 0.1) is 0 Å². The first-order chi connectivity index (χ1) is 13.1. The molecule has 0 saturated heterocycles. The molecular formula is C22H40IN5O. The summed E-state index contributed by atoms with van der Waals surface area (Å²) in [6.45, 7) is 11.0. The van der Waals surface area contributed by atoms with Gasteiger partial charge in [-0.25, -0.2) is 0 Å². The van der Waals surface area contributed by atoms with E-state index >= 15 is 0 Å². The van der Waals surface area contributed by atoms with Crippen LogP contribution in [-0.2, 0) is 6.54 Å². The first-order valence-corrected chi connectivity index (χ1v) is 10.1. The number of carbonyl (C=O) groups excluding carboxylic acids is 1. The minimum Gasteiger partial charge on any atom is -0.354 e. The average molecular weight is 518 g/mol. The maximum absolute atomic E-state index is 12.3. The normalized spacial score (nSPS) is 12.9. The molecule has 0 aliphatic carbocycles. The molecule has 1 aromatic rings. The van der Waals surface area contributed by atoms with E-state index in [1.807, 2.05) is 43.3 Å². The van der Waals surface area contributed by atoms with Gasteiger partial charge < -0.3 is 20.9 Å². The number of carbonyl (C=O) groups is 1. The fraction of sp³-hybridized carbons (Fsp3) is 0.636. The first-order valence-electron chi connectivity index (χ1n) is 10.1. The zero-order chi connectivity index (χ0) is 21.2. The maximum Gasteiger partial charge on any atom is 0.251 e. The zero-order valence-electron chi connectivity index (χ0n) is 19.1. The van der Waals surface area contributed by atoms with Crippen molar-refractivity contribution in [2.45, 2.75) is 53.1 Å². The number of hydrogen-bond acceptors (Lipinski definition) is 3. The van der Waals surface area contributed by atoms with Gasteiger partial charge in [0.2, 0.25) is 0 Å². The number of nitrogens with zero attached hydrogens (tertiary/aromatic N) is 2. The molecule has 0 aliphatic rings. The molecule has 1 atom stereocenters. The van der Waals surface area contributed by atoms with Crippen molar-refractivity contribution < 1.29 is 4.79 Å². The molecule has 1 unspecified atom stereocenters. The van der Waals surface area contributed by atoms with Crippen molar-refractivity contribution in [3.05, 3.63) is 35.4 Å². The number of rotatable bonds is 9. The second-order valence-corrected chi connectivity index (χ2v) is 8.83. The van der Waals surface area contributed by atoms with Crippen LogP contribution in [0.25, 0.3) is 0 Å². The lowest BCUT2D eigenvalue weighted by Gasteiger charge is -2.23. The van der Waals surface area contributed by atoms with E-state index in [1.54, 1.807) is 7.05 Å². The van der Waals surface area contributed by atoms with Gasteiger partial charge in [-0.1, -0.05) is 32.9 Å². The summed E-state index contributed by atoms with van der Waals surface area (Å²) in [4.78, 5) is 18.6. The van der Waals surface area contributed by atoms with Crippen molar-refractivity contribution in [3.8, 4) is 0 Å². The SMILES string of the molecule is CN=C(NCc1cccc(C(=O)NCCN(C)C)c1)NC(C)CCC(C)(C)C.I. The van der Waals surface area contributed by atoms with E-state index in [0.29, 0.717) is 30.1 Å². The molecule has 0 aromatic heterocycles. The van der Waals surface area contributed by atoms with Crippen LogP contribution in [0.5, 0.6) is 0 Å². The van der Waals surface area contributed by atoms with E-state index < -0.39 is 0 Å². The molecule has 3 N–H and O–H groups in total. The monoisotopic (exact) mass is 517 g/mol. The molecular weight excluding hydrogens is 477 g/mol. The lowest BCUT2D eigenvalue weighted by molar-refractivity contribution is 0.0951. The molecule has 7 heteroatoms. The minimum absolute atomic E-state index is 0. The van der Waals surface area contributed by atoms with Crippen LogP contribution in [0.15, 0.2) is 29.3 Å². The van der Waals surface area contributed by atoms with E-state index in [2.05, 4.69) is 48.6 Å². The summed E-state index contributed by atoms with van der Waals surface area (Å²) in [6.07, 6.45) is 2.25. The minimum atomic E-state index is -0.0398. The predicted octanol–water partition coefficient (Wildman–Crippen LogP) is 3.48. The molecule has 6 nitrogen and oxygen atoms in total. The summed E-state index contributed by atoms with van der Waals surface area (Å²) < 4.78 is 0. The Kier molecular flexibility index (Phi) is 13.2. The average Bonchev–Trinajstić information content (AvgIpc) is 2.62. The van der Waals surface area contributed by atoms with Gasteiger partial charge >= 0.3 is 0 Å². The molecule has 0 radical (unpaired) electrons. The Morgan fingerprint density at radius 3 is 2.48 bits per heavy atom. The standard InChI is InChI=1S/C22H39N5O.HI/c1-17(11-12-22(2,3)4)26-21(23-5)25-16-18-9-8-10-19(15-18)20(28)24-13-14-27(6)7;/h8-10,15,17H,11-14,16H2,1-7H3,(H,24,28)(H2,23,25,26);1H. The maximum atomic E-state index is 12.3. The second-order valence-electron chi connectivity index (χ2n) is 8.83. The largest absolute Gasteiger partial charge is 0.354 e. The van der Waals surface area contributed by atoms with Gasteiger partial charge in [-0.05, 0) is 57.0 Å². The lowest BCUT2D eigenvalue weighted by atomic mass is 9.89. The molecule has 0 saturated carbocycles. The predicted molar refractivity (Wildman–Crippen MR) is 134 cm³/mol. The molecule has 1 amide bonds. The lowest BCUT2D eigenvalue weighted by Crippen LogP contribution is -2.42. The number of halogens is 1. The molecule has 166 valence electrons. The van der Waals surface area contributed by atoms with Crippen LogP contribution in [0.4, 0.5) is 0 Å². The van der Waals surface area contributed by atoms with Crippen LogP contribution < -0.4 is 16.0 Å². The molecule has 0 bridgehead atoms. The van der Waals surface area contributed by atoms with Crippen molar-refractivity contribution in [1.29, 1.82) is 0 Å². The summed E-state index contributed by atoms with van der Waals surface area (Å²) in [5, 5.41) is 9.73. The Bertz CT molecular complexity index is 640. The Morgan fingerprint density at radius 1 is 1.21 bits per heavy atom. The highest BCUT2D eigenvalue weighted by Gasteiger charge is 2.13. The summed E-state index contributed by atoms with van der Waals surface area (Å²) in [5.41, 5.74) is 2.06. The van der Waals surface area contributed by atoms with E-state index in [1.165, 1.54) is 0 Å². The molecule has 1 aromatic carbocycles. The van der Waals surface area contributed by atoms with Crippen molar-refractivity contribution in [1.82, 2.24) is 20.9 Å². The third-order valence-electron chi connectivity index (χ3n) is 4.43. The van der Waals surface area contributed by atoms with Gasteiger partial charge in [-0.15, -0.1) is 24.0 Å². The summed E-state index contributed by atoms with van der Waals surface area (Å²) >= 11 is 0. The van der Waals surface area contributed by atoms with Crippen molar-refractivity contribution in [2.75, 3.05) is 34.2 Å². The molecule has 29 heavy (non-hydrogen) atoms. The smallest absolute Gasteiger partial charge is 0.251 e. The first kappa shape index (κ1) is 27.6. The molecule has 0 fully saturated rings. The summed E-state index contributed by atoms with van der Waals surface area (Å²) in [5.74, 6) is 0.740.